The highest BCUT2D eigenvalue weighted by Gasteiger charge is 2.35. The van der Waals surface area contributed by atoms with Crippen molar-refractivity contribution >= 4 is 0 Å². The van der Waals surface area contributed by atoms with E-state index in [0.717, 1.165) is 37.2 Å². The molecule has 21 heavy (non-hydrogen) atoms. The second-order valence-electron chi connectivity index (χ2n) is 7.65. The monoisotopic (exact) mass is 292 g/mol. The smallest absolute Gasteiger partial charge is 0.138 e. The molecule has 1 aromatic rings. The van der Waals surface area contributed by atoms with Crippen molar-refractivity contribution < 1.29 is 0 Å². The first-order chi connectivity index (χ1) is 9.93. The maximum absolute atomic E-state index is 4.53. The third kappa shape index (κ3) is 4.29. The van der Waals surface area contributed by atoms with E-state index in [9.17, 15) is 0 Å². The van der Waals surface area contributed by atoms with Crippen LogP contribution in [-0.2, 0) is 6.42 Å². The van der Waals surface area contributed by atoms with E-state index in [2.05, 4.69) is 54.7 Å². The first-order valence-corrected chi connectivity index (χ1v) is 8.52. The zero-order chi connectivity index (χ0) is 15.5. The van der Waals surface area contributed by atoms with Gasteiger partial charge >= 0.3 is 0 Å². The summed E-state index contributed by atoms with van der Waals surface area (Å²) < 4.78 is 2.09. The van der Waals surface area contributed by atoms with E-state index < -0.39 is 0 Å². The Morgan fingerprint density at radius 2 is 2.14 bits per heavy atom. The zero-order valence-corrected chi connectivity index (χ0v) is 14.4. The molecule has 4 nitrogen and oxygen atoms in total. The Kier molecular flexibility index (Phi) is 5.42. The number of hydrogen-bond donors (Lipinski definition) is 1. The predicted molar refractivity (Wildman–Crippen MR) is 87.3 cm³/mol. The van der Waals surface area contributed by atoms with Crippen LogP contribution in [0.25, 0.3) is 0 Å². The molecule has 1 aliphatic carbocycles. The van der Waals surface area contributed by atoms with E-state index in [1.54, 1.807) is 6.33 Å². The average molecular weight is 292 g/mol. The van der Waals surface area contributed by atoms with E-state index in [0.29, 0.717) is 11.5 Å². The molecule has 0 bridgehead atoms. The Morgan fingerprint density at radius 1 is 1.38 bits per heavy atom. The summed E-state index contributed by atoms with van der Waals surface area (Å²) in [6, 6.07) is 0.395. The topological polar surface area (TPSA) is 42.7 Å². The van der Waals surface area contributed by atoms with Crippen LogP contribution in [0.5, 0.6) is 0 Å². The molecule has 1 saturated carbocycles. The molecule has 1 heterocycles. The number of nitrogens with one attached hydrogen (secondary N) is 1. The summed E-state index contributed by atoms with van der Waals surface area (Å²) in [5.41, 5.74) is 0.468. The van der Waals surface area contributed by atoms with Crippen LogP contribution in [0.4, 0.5) is 0 Å². The molecular weight excluding hydrogens is 260 g/mol. The maximum atomic E-state index is 4.53. The fourth-order valence-electron chi connectivity index (χ4n) is 3.71. The van der Waals surface area contributed by atoms with Crippen molar-refractivity contribution in [3.63, 3.8) is 0 Å². The highest BCUT2D eigenvalue weighted by atomic mass is 15.3. The van der Waals surface area contributed by atoms with Gasteiger partial charge in [-0.05, 0) is 63.5 Å². The van der Waals surface area contributed by atoms with Crippen LogP contribution in [0.1, 0.15) is 65.7 Å². The van der Waals surface area contributed by atoms with Gasteiger partial charge in [-0.25, -0.2) is 9.67 Å². The van der Waals surface area contributed by atoms with Gasteiger partial charge in [-0.3, -0.25) is 0 Å². The van der Waals surface area contributed by atoms with Gasteiger partial charge in [-0.2, -0.15) is 5.10 Å². The summed E-state index contributed by atoms with van der Waals surface area (Å²) in [5.74, 6) is 2.65. The van der Waals surface area contributed by atoms with E-state index in [1.165, 1.54) is 19.3 Å². The molecule has 1 fully saturated rings. The molecule has 2 rings (SSSR count). The SMILES string of the molecule is CCNCC1CCC(C)(C)CC1Cc1ncnn1C(C)C. The Morgan fingerprint density at radius 3 is 2.81 bits per heavy atom. The molecule has 0 aromatic carbocycles. The summed E-state index contributed by atoms with van der Waals surface area (Å²) in [4.78, 5) is 4.53. The van der Waals surface area contributed by atoms with Crippen LogP contribution in [0.2, 0.25) is 0 Å². The molecule has 2 atom stereocenters. The molecular formula is C17H32N4. The molecule has 0 radical (unpaired) electrons. The molecule has 1 aromatic heterocycles. The number of rotatable bonds is 6. The molecule has 0 saturated heterocycles. The predicted octanol–water partition coefficient (Wildman–Crippen LogP) is 3.45. The van der Waals surface area contributed by atoms with Crippen molar-refractivity contribution in [2.45, 2.75) is 66.3 Å². The van der Waals surface area contributed by atoms with Crippen molar-refractivity contribution in [3.8, 4) is 0 Å². The minimum absolute atomic E-state index is 0.395. The second kappa shape index (κ2) is 6.91. The van der Waals surface area contributed by atoms with Crippen LogP contribution in [0.3, 0.4) is 0 Å². The number of nitrogens with zero attached hydrogens (tertiary/aromatic N) is 3. The summed E-state index contributed by atoms with van der Waals surface area (Å²) in [7, 11) is 0. The van der Waals surface area contributed by atoms with E-state index in [4.69, 9.17) is 0 Å². The second-order valence-corrected chi connectivity index (χ2v) is 7.65. The Bertz CT molecular complexity index is 436. The number of aromatic nitrogens is 3. The van der Waals surface area contributed by atoms with Crippen LogP contribution in [0, 0.1) is 17.3 Å². The highest BCUT2D eigenvalue weighted by molar-refractivity contribution is 4.95. The highest BCUT2D eigenvalue weighted by Crippen LogP contribution is 2.42. The van der Waals surface area contributed by atoms with E-state index in [1.807, 2.05) is 0 Å². The third-order valence-corrected chi connectivity index (χ3v) is 4.91. The molecule has 0 spiro atoms. The van der Waals surface area contributed by atoms with Gasteiger partial charge < -0.3 is 5.32 Å². The van der Waals surface area contributed by atoms with Gasteiger partial charge in [0.05, 0.1) is 0 Å². The van der Waals surface area contributed by atoms with Crippen molar-refractivity contribution in [1.82, 2.24) is 20.1 Å². The molecule has 0 aliphatic heterocycles. The lowest BCUT2D eigenvalue weighted by Crippen LogP contribution is -2.37. The summed E-state index contributed by atoms with van der Waals surface area (Å²) in [6.07, 6.45) is 6.76. The Labute approximate surface area is 129 Å². The zero-order valence-electron chi connectivity index (χ0n) is 14.4. The fraction of sp³-hybridized carbons (Fsp3) is 0.882. The third-order valence-electron chi connectivity index (χ3n) is 4.91. The van der Waals surface area contributed by atoms with E-state index >= 15 is 0 Å². The van der Waals surface area contributed by atoms with Gasteiger partial charge in [0.25, 0.3) is 0 Å². The lowest BCUT2D eigenvalue weighted by molar-refractivity contribution is 0.114. The summed E-state index contributed by atoms with van der Waals surface area (Å²) >= 11 is 0. The first-order valence-electron chi connectivity index (χ1n) is 8.52. The summed E-state index contributed by atoms with van der Waals surface area (Å²) in [5, 5.41) is 7.94. The Hall–Kier alpha value is -0.900. The number of hydrogen-bond acceptors (Lipinski definition) is 3. The van der Waals surface area contributed by atoms with Crippen LogP contribution in [0.15, 0.2) is 6.33 Å². The lowest BCUT2D eigenvalue weighted by Gasteiger charge is -2.41. The van der Waals surface area contributed by atoms with Gasteiger partial charge in [0.2, 0.25) is 0 Å². The fourth-order valence-corrected chi connectivity index (χ4v) is 3.71. The maximum Gasteiger partial charge on any atom is 0.138 e. The van der Waals surface area contributed by atoms with Crippen LogP contribution in [-0.4, -0.2) is 27.9 Å². The molecule has 4 heteroatoms. The molecule has 0 amide bonds. The van der Waals surface area contributed by atoms with Crippen molar-refractivity contribution in [2.75, 3.05) is 13.1 Å². The lowest BCUT2D eigenvalue weighted by atomic mass is 9.66. The van der Waals surface area contributed by atoms with Crippen molar-refractivity contribution in [3.05, 3.63) is 12.2 Å². The molecule has 1 N–H and O–H groups in total. The van der Waals surface area contributed by atoms with Crippen molar-refractivity contribution in [1.29, 1.82) is 0 Å². The van der Waals surface area contributed by atoms with Gasteiger partial charge in [-0.15, -0.1) is 0 Å². The van der Waals surface area contributed by atoms with Gasteiger partial charge in [0.1, 0.15) is 12.2 Å². The van der Waals surface area contributed by atoms with Crippen LogP contribution >= 0.6 is 0 Å². The molecule has 120 valence electrons. The first kappa shape index (κ1) is 16.5. The standard InChI is InChI=1S/C17H32N4/c1-6-18-11-14-7-8-17(4,5)10-15(14)9-16-19-12-20-21(16)13(2)3/h12-15,18H,6-11H2,1-5H3. The van der Waals surface area contributed by atoms with Crippen molar-refractivity contribution in [2.24, 2.45) is 17.3 Å². The van der Waals surface area contributed by atoms with Crippen LogP contribution < -0.4 is 5.32 Å². The van der Waals surface area contributed by atoms with Gasteiger partial charge in [0.15, 0.2) is 0 Å². The van der Waals surface area contributed by atoms with Gasteiger partial charge in [0, 0.05) is 12.5 Å². The minimum Gasteiger partial charge on any atom is -0.317 e. The molecule has 2 unspecified atom stereocenters. The Balaban J connectivity index is 2.10. The average Bonchev–Trinajstić information content (AvgIpc) is 2.85. The quantitative estimate of drug-likeness (QED) is 0.873. The van der Waals surface area contributed by atoms with Gasteiger partial charge in [-0.1, -0.05) is 20.8 Å². The summed E-state index contributed by atoms with van der Waals surface area (Å²) in [6.45, 7) is 13.6. The molecule has 1 aliphatic rings. The van der Waals surface area contributed by atoms with E-state index in [-0.39, 0.29) is 0 Å². The largest absolute Gasteiger partial charge is 0.317 e. The minimum atomic E-state index is 0.395. The normalized spacial score (nSPS) is 25.4.